The van der Waals surface area contributed by atoms with Crippen molar-refractivity contribution in [2.45, 2.75) is 20.4 Å². The molecule has 0 fully saturated rings. The summed E-state index contributed by atoms with van der Waals surface area (Å²) in [6.07, 6.45) is 0. The van der Waals surface area contributed by atoms with Crippen LogP contribution in [0.2, 0.25) is 0 Å². The van der Waals surface area contributed by atoms with Crippen LogP contribution in [0.1, 0.15) is 19.4 Å². The highest BCUT2D eigenvalue weighted by Gasteiger charge is 2.13. The minimum absolute atomic E-state index is 0.346. The minimum atomic E-state index is 0.346. The SMILES string of the molecule is CCOc1nc(NC)nc(N(CC)Cc2ccccc2)n1. The Morgan fingerprint density at radius 3 is 2.48 bits per heavy atom. The van der Waals surface area contributed by atoms with Crippen molar-refractivity contribution in [1.29, 1.82) is 0 Å². The Kier molecular flexibility index (Phi) is 5.31. The molecule has 0 bridgehead atoms. The molecule has 0 radical (unpaired) electrons. The first kappa shape index (κ1) is 15.0. The Morgan fingerprint density at radius 1 is 1.10 bits per heavy atom. The van der Waals surface area contributed by atoms with Gasteiger partial charge < -0.3 is 15.0 Å². The number of hydrogen-bond acceptors (Lipinski definition) is 6. The average Bonchev–Trinajstić information content (AvgIpc) is 2.53. The molecule has 6 nitrogen and oxygen atoms in total. The van der Waals surface area contributed by atoms with Crippen LogP contribution in [0.3, 0.4) is 0 Å². The Hall–Kier alpha value is -2.37. The summed E-state index contributed by atoms with van der Waals surface area (Å²) < 4.78 is 5.40. The minimum Gasteiger partial charge on any atom is -0.464 e. The van der Waals surface area contributed by atoms with Crippen LogP contribution in [0.25, 0.3) is 0 Å². The zero-order chi connectivity index (χ0) is 15.1. The van der Waals surface area contributed by atoms with Crippen molar-refractivity contribution in [3.63, 3.8) is 0 Å². The second kappa shape index (κ2) is 7.42. The van der Waals surface area contributed by atoms with E-state index < -0.39 is 0 Å². The molecule has 0 aliphatic heterocycles. The van der Waals surface area contributed by atoms with Crippen LogP contribution in [-0.2, 0) is 6.54 Å². The number of nitrogens with one attached hydrogen (secondary N) is 1. The normalized spacial score (nSPS) is 10.2. The molecule has 0 aliphatic carbocycles. The molecule has 0 atom stereocenters. The van der Waals surface area contributed by atoms with Gasteiger partial charge in [0.05, 0.1) is 6.61 Å². The molecule has 0 unspecified atom stereocenters. The molecule has 1 aromatic heterocycles. The molecule has 1 N–H and O–H groups in total. The lowest BCUT2D eigenvalue weighted by atomic mass is 10.2. The summed E-state index contributed by atoms with van der Waals surface area (Å²) >= 11 is 0. The molecule has 2 aromatic rings. The van der Waals surface area contributed by atoms with E-state index in [0.717, 1.165) is 13.1 Å². The van der Waals surface area contributed by atoms with Gasteiger partial charge in [-0.1, -0.05) is 30.3 Å². The third-order valence-corrected chi connectivity index (χ3v) is 2.98. The van der Waals surface area contributed by atoms with Crippen molar-refractivity contribution in [1.82, 2.24) is 15.0 Å². The Balaban J connectivity index is 2.26. The van der Waals surface area contributed by atoms with E-state index in [1.807, 2.05) is 25.1 Å². The molecule has 1 heterocycles. The molecule has 112 valence electrons. The summed E-state index contributed by atoms with van der Waals surface area (Å²) in [4.78, 5) is 15.1. The van der Waals surface area contributed by atoms with Crippen LogP contribution >= 0.6 is 0 Å². The second-order valence-electron chi connectivity index (χ2n) is 4.42. The first-order valence-electron chi connectivity index (χ1n) is 7.12. The van der Waals surface area contributed by atoms with Gasteiger partial charge in [-0.25, -0.2) is 0 Å². The third kappa shape index (κ3) is 4.05. The summed E-state index contributed by atoms with van der Waals surface area (Å²) in [6.45, 7) is 6.05. The molecule has 1 aromatic carbocycles. The first-order valence-corrected chi connectivity index (χ1v) is 7.12. The molecule has 2 rings (SSSR count). The van der Waals surface area contributed by atoms with Crippen LogP contribution in [0.4, 0.5) is 11.9 Å². The van der Waals surface area contributed by atoms with E-state index in [1.54, 1.807) is 7.05 Å². The molecular weight excluding hydrogens is 266 g/mol. The Morgan fingerprint density at radius 2 is 1.86 bits per heavy atom. The van der Waals surface area contributed by atoms with Gasteiger partial charge in [0.2, 0.25) is 11.9 Å². The topological polar surface area (TPSA) is 63.2 Å². The predicted molar refractivity (Wildman–Crippen MR) is 83.7 cm³/mol. The van der Waals surface area contributed by atoms with E-state index in [1.165, 1.54) is 5.56 Å². The zero-order valence-corrected chi connectivity index (χ0v) is 12.7. The molecule has 0 amide bonds. The van der Waals surface area contributed by atoms with Crippen molar-refractivity contribution >= 4 is 11.9 Å². The van der Waals surface area contributed by atoms with E-state index >= 15 is 0 Å². The van der Waals surface area contributed by atoms with Gasteiger partial charge in [0.25, 0.3) is 0 Å². The lowest BCUT2D eigenvalue weighted by molar-refractivity contribution is 0.312. The molecule has 21 heavy (non-hydrogen) atoms. The van der Waals surface area contributed by atoms with Gasteiger partial charge >= 0.3 is 6.01 Å². The molecule has 0 saturated heterocycles. The second-order valence-corrected chi connectivity index (χ2v) is 4.42. The lowest BCUT2D eigenvalue weighted by Gasteiger charge is -2.21. The molecule has 0 spiro atoms. The number of nitrogens with zero attached hydrogens (tertiary/aromatic N) is 4. The van der Waals surface area contributed by atoms with E-state index in [0.29, 0.717) is 24.5 Å². The fraction of sp³-hybridized carbons (Fsp3) is 0.400. The van der Waals surface area contributed by atoms with Crippen molar-refractivity contribution < 1.29 is 4.74 Å². The summed E-state index contributed by atoms with van der Waals surface area (Å²) in [5.41, 5.74) is 1.21. The maximum absolute atomic E-state index is 5.40. The average molecular weight is 287 g/mol. The van der Waals surface area contributed by atoms with Gasteiger partial charge in [-0.3, -0.25) is 0 Å². The summed E-state index contributed by atoms with van der Waals surface area (Å²) in [6, 6.07) is 10.6. The molecule has 0 aliphatic rings. The molecule has 6 heteroatoms. The highest BCUT2D eigenvalue weighted by atomic mass is 16.5. The highest BCUT2D eigenvalue weighted by Crippen LogP contribution is 2.17. The lowest BCUT2D eigenvalue weighted by Crippen LogP contribution is -2.25. The van der Waals surface area contributed by atoms with Crippen LogP contribution in [0.15, 0.2) is 30.3 Å². The smallest absolute Gasteiger partial charge is 0.323 e. The first-order chi connectivity index (χ1) is 10.3. The third-order valence-electron chi connectivity index (χ3n) is 2.98. The standard InChI is InChI=1S/C15H21N5O/c1-4-20(11-12-9-7-6-8-10-12)14-17-13(16-3)18-15(19-14)21-5-2/h6-10H,4-5,11H2,1-3H3,(H,16,17,18,19). The summed E-state index contributed by atoms with van der Waals surface area (Å²) in [5, 5.41) is 2.94. The number of aromatic nitrogens is 3. The van der Waals surface area contributed by atoms with Crippen LogP contribution in [0, 0.1) is 0 Å². The van der Waals surface area contributed by atoms with E-state index in [-0.39, 0.29) is 0 Å². The van der Waals surface area contributed by atoms with Crippen molar-refractivity contribution in [2.75, 3.05) is 30.4 Å². The number of benzene rings is 1. The number of ether oxygens (including phenoxy) is 1. The van der Waals surface area contributed by atoms with Crippen LogP contribution < -0.4 is 15.0 Å². The maximum Gasteiger partial charge on any atom is 0.323 e. The zero-order valence-electron chi connectivity index (χ0n) is 12.7. The number of anilines is 2. The van der Waals surface area contributed by atoms with Crippen LogP contribution in [0.5, 0.6) is 6.01 Å². The summed E-state index contributed by atoms with van der Waals surface area (Å²) in [5.74, 6) is 1.12. The monoisotopic (exact) mass is 287 g/mol. The Bertz CT molecular complexity index is 561. The van der Waals surface area contributed by atoms with E-state index in [2.05, 4.69) is 44.2 Å². The largest absolute Gasteiger partial charge is 0.464 e. The number of hydrogen-bond donors (Lipinski definition) is 1. The van der Waals surface area contributed by atoms with Crippen molar-refractivity contribution in [3.8, 4) is 6.01 Å². The fourth-order valence-corrected chi connectivity index (χ4v) is 1.92. The maximum atomic E-state index is 5.40. The van der Waals surface area contributed by atoms with Gasteiger partial charge in [-0.2, -0.15) is 15.0 Å². The van der Waals surface area contributed by atoms with Gasteiger partial charge in [0.15, 0.2) is 0 Å². The molecule has 0 saturated carbocycles. The number of rotatable bonds is 7. The van der Waals surface area contributed by atoms with Crippen molar-refractivity contribution in [2.24, 2.45) is 0 Å². The van der Waals surface area contributed by atoms with Crippen LogP contribution in [-0.4, -0.2) is 35.2 Å². The van der Waals surface area contributed by atoms with Gasteiger partial charge in [-0.15, -0.1) is 0 Å². The Labute approximate surface area is 125 Å². The predicted octanol–water partition coefficient (Wildman–Crippen LogP) is 2.34. The van der Waals surface area contributed by atoms with E-state index in [4.69, 9.17) is 4.74 Å². The van der Waals surface area contributed by atoms with Gasteiger partial charge in [-0.05, 0) is 19.4 Å². The van der Waals surface area contributed by atoms with E-state index in [9.17, 15) is 0 Å². The summed E-state index contributed by atoms with van der Waals surface area (Å²) in [7, 11) is 1.78. The quantitative estimate of drug-likeness (QED) is 0.843. The van der Waals surface area contributed by atoms with Gasteiger partial charge in [0, 0.05) is 20.1 Å². The highest BCUT2D eigenvalue weighted by molar-refractivity contribution is 5.39. The molecular formula is C15H21N5O. The van der Waals surface area contributed by atoms with Gasteiger partial charge in [0.1, 0.15) is 0 Å². The van der Waals surface area contributed by atoms with Crippen molar-refractivity contribution in [3.05, 3.63) is 35.9 Å². The fourth-order valence-electron chi connectivity index (χ4n) is 1.92.